The van der Waals surface area contributed by atoms with Gasteiger partial charge in [-0.25, -0.2) is 9.48 Å². The standard InChI is InChI=1S/C20H20N2O5/c1-26-18(20(24)25)12-14-6-8-16(9-7-14)27-11-10-22-19(23)17-5-3-2-4-15(17)13-21-22/h2-9,13,18H,10-12H2,1H3,(H,24,25). The Morgan fingerprint density at radius 3 is 2.63 bits per heavy atom. The molecule has 7 heteroatoms. The fourth-order valence-electron chi connectivity index (χ4n) is 2.74. The van der Waals surface area contributed by atoms with Crippen LogP contribution in [0.1, 0.15) is 5.56 Å². The number of nitrogens with zero attached hydrogens (tertiary/aromatic N) is 2. The number of ether oxygens (including phenoxy) is 2. The van der Waals surface area contributed by atoms with Crippen LogP contribution in [0.15, 0.2) is 59.5 Å². The second-order valence-corrected chi connectivity index (χ2v) is 6.02. The van der Waals surface area contributed by atoms with Gasteiger partial charge in [0.25, 0.3) is 5.56 Å². The highest BCUT2D eigenvalue weighted by Crippen LogP contribution is 2.14. The molecule has 3 aromatic rings. The molecule has 1 aromatic heterocycles. The summed E-state index contributed by atoms with van der Waals surface area (Å²) in [6.45, 7) is 0.622. The van der Waals surface area contributed by atoms with E-state index in [0.717, 1.165) is 10.9 Å². The van der Waals surface area contributed by atoms with Gasteiger partial charge in [0, 0.05) is 18.9 Å². The molecule has 0 bridgehead atoms. The van der Waals surface area contributed by atoms with Crippen molar-refractivity contribution in [3.05, 3.63) is 70.6 Å². The molecule has 0 saturated carbocycles. The van der Waals surface area contributed by atoms with Crippen molar-refractivity contribution in [3.8, 4) is 5.75 Å². The van der Waals surface area contributed by atoms with Gasteiger partial charge in [-0.3, -0.25) is 4.79 Å². The number of carbonyl (C=O) groups is 1. The van der Waals surface area contributed by atoms with Gasteiger partial charge >= 0.3 is 5.97 Å². The molecule has 1 heterocycles. The number of benzene rings is 2. The number of hydrogen-bond acceptors (Lipinski definition) is 5. The summed E-state index contributed by atoms with van der Waals surface area (Å²) in [5.41, 5.74) is 0.690. The Labute approximate surface area is 155 Å². The van der Waals surface area contributed by atoms with E-state index in [1.165, 1.54) is 11.8 Å². The second-order valence-electron chi connectivity index (χ2n) is 6.02. The third kappa shape index (κ3) is 4.51. The zero-order chi connectivity index (χ0) is 19.2. The van der Waals surface area contributed by atoms with Gasteiger partial charge in [0.1, 0.15) is 12.4 Å². The molecule has 0 fully saturated rings. The lowest BCUT2D eigenvalue weighted by atomic mass is 10.1. The Balaban J connectivity index is 1.59. The summed E-state index contributed by atoms with van der Waals surface area (Å²) in [4.78, 5) is 23.4. The van der Waals surface area contributed by atoms with Crippen LogP contribution in [-0.2, 0) is 22.5 Å². The van der Waals surface area contributed by atoms with Crippen LogP contribution in [0.2, 0.25) is 0 Å². The minimum absolute atomic E-state index is 0.147. The van der Waals surface area contributed by atoms with Crippen LogP contribution in [0.4, 0.5) is 0 Å². The normalized spacial score (nSPS) is 12.0. The zero-order valence-corrected chi connectivity index (χ0v) is 14.9. The van der Waals surface area contributed by atoms with E-state index in [9.17, 15) is 9.59 Å². The highest BCUT2D eigenvalue weighted by Gasteiger charge is 2.16. The first-order valence-electron chi connectivity index (χ1n) is 8.50. The van der Waals surface area contributed by atoms with E-state index < -0.39 is 12.1 Å². The average Bonchev–Trinajstić information content (AvgIpc) is 2.69. The quantitative estimate of drug-likeness (QED) is 0.655. The molecule has 0 aliphatic heterocycles. The first-order chi connectivity index (χ1) is 13.1. The summed E-state index contributed by atoms with van der Waals surface area (Å²) in [6.07, 6.45) is 1.07. The molecule has 1 unspecified atom stereocenters. The van der Waals surface area contributed by atoms with Crippen molar-refractivity contribution in [1.29, 1.82) is 0 Å². The van der Waals surface area contributed by atoms with Crippen LogP contribution in [0.25, 0.3) is 10.8 Å². The Hall–Kier alpha value is -3.19. The van der Waals surface area contributed by atoms with Gasteiger partial charge in [-0.15, -0.1) is 0 Å². The first-order valence-corrected chi connectivity index (χ1v) is 8.50. The van der Waals surface area contributed by atoms with Gasteiger partial charge in [0.05, 0.1) is 18.1 Å². The number of carboxylic acid groups (broad SMARTS) is 1. The van der Waals surface area contributed by atoms with E-state index in [1.54, 1.807) is 36.5 Å². The molecule has 0 radical (unpaired) electrons. The van der Waals surface area contributed by atoms with Crippen molar-refractivity contribution in [1.82, 2.24) is 9.78 Å². The third-order valence-corrected chi connectivity index (χ3v) is 4.24. The topological polar surface area (TPSA) is 90.7 Å². The predicted molar refractivity (Wildman–Crippen MR) is 100 cm³/mol. The van der Waals surface area contributed by atoms with Crippen molar-refractivity contribution < 1.29 is 19.4 Å². The molecular formula is C20H20N2O5. The van der Waals surface area contributed by atoms with Gasteiger partial charge in [-0.1, -0.05) is 30.3 Å². The maximum Gasteiger partial charge on any atom is 0.333 e. The number of rotatable bonds is 8. The number of hydrogen-bond donors (Lipinski definition) is 1. The van der Waals surface area contributed by atoms with Crippen molar-refractivity contribution in [2.24, 2.45) is 0 Å². The smallest absolute Gasteiger partial charge is 0.333 e. The molecule has 1 N–H and O–H groups in total. The Morgan fingerprint density at radius 2 is 1.93 bits per heavy atom. The molecule has 0 aliphatic carbocycles. The molecule has 0 amide bonds. The summed E-state index contributed by atoms with van der Waals surface area (Å²) >= 11 is 0. The van der Waals surface area contributed by atoms with Crippen LogP contribution in [-0.4, -0.2) is 40.7 Å². The Bertz CT molecular complexity index is 982. The van der Waals surface area contributed by atoms with Crippen LogP contribution in [0.3, 0.4) is 0 Å². The summed E-state index contributed by atoms with van der Waals surface area (Å²) in [5, 5.41) is 14.6. The molecule has 0 aliphatic rings. The number of fused-ring (bicyclic) bond motifs is 1. The Kier molecular flexibility index (Phi) is 5.83. The van der Waals surface area contributed by atoms with Crippen LogP contribution in [0.5, 0.6) is 5.75 Å². The minimum Gasteiger partial charge on any atom is -0.492 e. The van der Waals surface area contributed by atoms with Gasteiger partial charge in [-0.2, -0.15) is 5.10 Å². The molecule has 2 aromatic carbocycles. The monoisotopic (exact) mass is 368 g/mol. The lowest BCUT2D eigenvalue weighted by Gasteiger charge is -2.11. The number of aromatic nitrogens is 2. The first kappa shape index (κ1) is 18.6. The van der Waals surface area contributed by atoms with Crippen LogP contribution < -0.4 is 10.3 Å². The van der Waals surface area contributed by atoms with E-state index in [1.807, 2.05) is 18.2 Å². The van der Waals surface area contributed by atoms with E-state index in [0.29, 0.717) is 24.3 Å². The largest absolute Gasteiger partial charge is 0.492 e. The lowest BCUT2D eigenvalue weighted by molar-refractivity contribution is -0.148. The number of aliphatic carboxylic acids is 1. The summed E-state index contributed by atoms with van der Waals surface area (Å²) in [6, 6.07) is 14.4. The van der Waals surface area contributed by atoms with E-state index in [4.69, 9.17) is 14.6 Å². The van der Waals surface area contributed by atoms with Crippen molar-refractivity contribution in [2.45, 2.75) is 19.1 Å². The molecule has 7 nitrogen and oxygen atoms in total. The number of carboxylic acids is 1. The summed E-state index contributed by atoms with van der Waals surface area (Å²) < 4.78 is 12.0. The van der Waals surface area contributed by atoms with Crippen molar-refractivity contribution >= 4 is 16.7 Å². The zero-order valence-electron chi connectivity index (χ0n) is 14.9. The van der Waals surface area contributed by atoms with Crippen molar-refractivity contribution in [2.75, 3.05) is 13.7 Å². The van der Waals surface area contributed by atoms with Crippen molar-refractivity contribution in [3.63, 3.8) is 0 Å². The van der Waals surface area contributed by atoms with E-state index >= 15 is 0 Å². The molecule has 0 spiro atoms. The SMILES string of the molecule is COC(Cc1ccc(OCCn2ncc3ccccc3c2=O)cc1)C(=O)O. The van der Waals surface area contributed by atoms with E-state index in [-0.39, 0.29) is 12.0 Å². The summed E-state index contributed by atoms with van der Waals surface area (Å²) in [5.74, 6) is -0.358. The summed E-state index contributed by atoms with van der Waals surface area (Å²) in [7, 11) is 1.37. The third-order valence-electron chi connectivity index (χ3n) is 4.24. The minimum atomic E-state index is -0.994. The fourth-order valence-corrected chi connectivity index (χ4v) is 2.74. The molecule has 3 rings (SSSR count). The fraction of sp³-hybridized carbons (Fsp3) is 0.250. The number of methoxy groups -OCH3 is 1. The second kappa shape index (κ2) is 8.46. The predicted octanol–water partition coefficient (Wildman–Crippen LogP) is 2.12. The highest BCUT2D eigenvalue weighted by molar-refractivity contribution is 5.80. The molecule has 0 saturated heterocycles. The molecule has 1 atom stereocenters. The van der Waals surface area contributed by atoms with Gasteiger partial charge < -0.3 is 14.6 Å². The Morgan fingerprint density at radius 1 is 1.19 bits per heavy atom. The van der Waals surface area contributed by atoms with Crippen LogP contribution >= 0.6 is 0 Å². The maximum atomic E-state index is 12.4. The van der Waals surface area contributed by atoms with Crippen LogP contribution in [0, 0.1) is 0 Å². The molecular weight excluding hydrogens is 348 g/mol. The van der Waals surface area contributed by atoms with Gasteiger partial charge in [0.15, 0.2) is 6.10 Å². The van der Waals surface area contributed by atoms with Gasteiger partial charge in [0.2, 0.25) is 0 Å². The maximum absolute atomic E-state index is 12.4. The molecule has 27 heavy (non-hydrogen) atoms. The lowest BCUT2D eigenvalue weighted by Crippen LogP contribution is -2.25. The van der Waals surface area contributed by atoms with Gasteiger partial charge in [-0.05, 0) is 23.8 Å². The highest BCUT2D eigenvalue weighted by atomic mass is 16.5. The average molecular weight is 368 g/mol. The van der Waals surface area contributed by atoms with E-state index in [2.05, 4.69) is 5.10 Å². The molecule has 140 valence electrons.